The van der Waals surface area contributed by atoms with Crippen LogP contribution in [0.5, 0.6) is 0 Å². The first-order chi connectivity index (χ1) is 18.1. The van der Waals surface area contributed by atoms with Gasteiger partial charge in [-0.1, -0.05) is 36.4 Å². The van der Waals surface area contributed by atoms with Gasteiger partial charge in [-0.3, -0.25) is 14.9 Å². The Morgan fingerprint density at radius 1 is 1.11 bits per heavy atom. The highest BCUT2D eigenvalue weighted by Crippen LogP contribution is 2.31. The number of aliphatic hydroxyl groups is 1. The van der Waals surface area contributed by atoms with Crippen LogP contribution in [0.2, 0.25) is 0 Å². The second-order valence-corrected chi connectivity index (χ2v) is 9.71. The van der Waals surface area contributed by atoms with E-state index in [1.54, 1.807) is 12.1 Å². The fraction of sp³-hybridized carbons (Fsp3) is 0.357. The van der Waals surface area contributed by atoms with Crippen LogP contribution in [0.1, 0.15) is 37.9 Å². The number of para-hydroxylation sites is 1. The first-order valence-corrected chi connectivity index (χ1v) is 12.4. The van der Waals surface area contributed by atoms with E-state index in [0.29, 0.717) is 12.6 Å². The number of carboxylic acids is 2. The molecular formula is C28H33N3O7. The highest BCUT2D eigenvalue weighted by Gasteiger charge is 2.34. The van der Waals surface area contributed by atoms with Crippen molar-refractivity contribution in [1.82, 2.24) is 4.90 Å². The third kappa shape index (κ3) is 7.99. The van der Waals surface area contributed by atoms with Crippen LogP contribution in [0.3, 0.4) is 0 Å². The van der Waals surface area contributed by atoms with Crippen molar-refractivity contribution in [3.63, 3.8) is 0 Å². The number of likely N-dealkylation sites (tertiary alicyclic amines) is 1. The zero-order valence-corrected chi connectivity index (χ0v) is 21.2. The Hall–Kier alpha value is -4.02. The van der Waals surface area contributed by atoms with Crippen LogP contribution in [-0.2, 0) is 9.59 Å². The van der Waals surface area contributed by atoms with Gasteiger partial charge in [0.05, 0.1) is 16.4 Å². The number of nitro benzene ring substituents is 1. The number of β-amino-alcohol motifs (C(OH)–C–C–N with tert-alkyl or cyclic N) is 1. The number of carboxylic acid groups (broad SMARTS) is 2. The Bertz CT molecular complexity index is 1170. The number of benzene rings is 2. The third-order valence-electron chi connectivity index (χ3n) is 6.73. The van der Waals surface area contributed by atoms with Gasteiger partial charge in [-0.2, -0.15) is 0 Å². The number of rotatable bonds is 8. The van der Waals surface area contributed by atoms with Crippen molar-refractivity contribution < 1.29 is 29.8 Å². The molecule has 1 aliphatic carbocycles. The number of nitro groups is 1. The maximum atomic E-state index is 10.8. The monoisotopic (exact) mass is 523 g/mol. The average molecular weight is 524 g/mol. The molecule has 0 bridgehead atoms. The van der Waals surface area contributed by atoms with Crippen LogP contribution in [0, 0.1) is 15.5 Å². The summed E-state index contributed by atoms with van der Waals surface area (Å²) < 4.78 is 0. The molecule has 4 N–H and O–H groups in total. The molecule has 1 aliphatic heterocycles. The SMILES string of the molecule is CC1(C(=O)O)C=CC=C(C(=O)O)C1.O=[N+]([O-])c1ccc(C(O)CN2CCC(Nc3ccccc3)CC2)cc1. The lowest BCUT2D eigenvalue weighted by Crippen LogP contribution is -2.40. The van der Waals surface area contributed by atoms with Crippen LogP contribution in [0.15, 0.2) is 78.4 Å². The third-order valence-corrected chi connectivity index (χ3v) is 6.73. The zero-order chi connectivity index (χ0) is 27.7. The first-order valence-electron chi connectivity index (χ1n) is 12.4. The predicted molar refractivity (Wildman–Crippen MR) is 143 cm³/mol. The van der Waals surface area contributed by atoms with Gasteiger partial charge in [0.2, 0.25) is 0 Å². The van der Waals surface area contributed by atoms with Crippen LogP contribution in [0.25, 0.3) is 0 Å². The molecule has 38 heavy (non-hydrogen) atoms. The summed E-state index contributed by atoms with van der Waals surface area (Å²) >= 11 is 0. The minimum Gasteiger partial charge on any atom is -0.481 e. The van der Waals surface area contributed by atoms with Crippen molar-refractivity contribution in [1.29, 1.82) is 0 Å². The van der Waals surface area contributed by atoms with Crippen molar-refractivity contribution in [3.05, 3.63) is 94.1 Å². The molecule has 2 aromatic rings. The van der Waals surface area contributed by atoms with Crippen molar-refractivity contribution in [2.24, 2.45) is 5.41 Å². The largest absolute Gasteiger partial charge is 0.481 e. The molecule has 2 aliphatic rings. The summed E-state index contributed by atoms with van der Waals surface area (Å²) in [7, 11) is 0. The minimum absolute atomic E-state index is 0.0359. The Labute approximate surface area is 221 Å². The number of non-ortho nitro benzene ring substituents is 1. The van der Waals surface area contributed by atoms with Gasteiger partial charge >= 0.3 is 11.9 Å². The molecule has 1 saturated heterocycles. The molecule has 4 rings (SSSR count). The topological polar surface area (TPSA) is 153 Å². The van der Waals surface area contributed by atoms with E-state index in [2.05, 4.69) is 22.3 Å². The number of nitrogens with zero attached hydrogens (tertiary/aromatic N) is 2. The molecule has 0 spiro atoms. The Morgan fingerprint density at radius 3 is 2.29 bits per heavy atom. The van der Waals surface area contributed by atoms with Crippen molar-refractivity contribution in [3.8, 4) is 0 Å². The number of hydrogen-bond acceptors (Lipinski definition) is 7. The van der Waals surface area contributed by atoms with Gasteiger partial charge < -0.3 is 25.5 Å². The Balaban J connectivity index is 0.000000260. The normalized spacial score (nSPS) is 20.4. The molecule has 10 nitrogen and oxygen atoms in total. The number of carbonyl (C=O) groups is 2. The number of aliphatic carboxylic acids is 2. The fourth-order valence-corrected chi connectivity index (χ4v) is 4.38. The molecular weight excluding hydrogens is 490 g/mol. The smallest absolute Gasteiger partial charge is 0.331 e. The van der Waals surface area contributed by atoms with Crippen molar-refractivity contribution in [2.75, 3.05) is 25.0 Å². The molecule has 1 fully saturated rings. The second kappa shape index (κ2) is 13.0. The fourth-order valence-electron chi connectivity index (χ4n) is 4.38. The van der Waals surface area contributed by atoms with E-state index in [0.717, 1.165) is 37.2 Å². The summed E-state index contributed by atoms with van der Waals surface area (Å²) in [5.74, 6) is -2.06. The van der Waals surface area contributed by atoms with E-state index < -0.39 is 28.4 Å². The first kappa shape index (κ1) is 28.5. The summed E-state index contributed by atoms with van der Waals surface area (Å²) in [6.45, 7) is 3.90. The van der Waals surface area contributed by atoms with E-state index in [-0.39, 0.29) is 17.7 Å². The molecule has 1 heterocycles. The number of anilines is 1. The lowest BCUT2D eigenvalue weighted by atomic mass is 9.80. The Morgan fingerprint density at radius 2 is 1.74 bits per heavy atom. The molecule has 2 unspecified atom stereocenters. The van der Waals surface area contributed by atoms with Crippen molar-refractivity contribution >= 4 is 23.3 Å². The quantitative estimate of drug-likeness (QED) is 0.294. The summed E-state index contributed by atoms with van der Waals surface area (Å²) in [5, 5.41) is 42.1. The summed E-state index contributed by atoms with van der Waals surface area (Å²) in [5.41, 5.74) is 0.959. The highest BCUT2D eigenvalue weighted by atomic mass is 16.6. The van der Waals surface area contributed by atoms with Gasteiger partial charge in [0, 0.05) is 49.1 Å². The molecule has 0 amide bonds. The molecule has 2 aromatic carbocycles. The number of allylic oxidation sites excluding steroid dienone is 2. The number of nitrogens with one attached hydrogen (secondary N) is 1. The second-order valence-electron chi connectivity index (χ2n) is 9.71. The Kier molecular flexibility index (Phi) is 9.75. The standard InChI is InChI=1S/C19H23N3O3.C9H10O4/c23-19(15-6-8-18(9-7-15)22(24)25)14-21-12-10-17(11-13-21)20-16-4-2-1-3-5-16;1-9(8(12)13)4-2-3-6(5-9)7(10)11/h1-9,17,19-20,23H,10-14H2;2-4H,5H2,1H3,(H,10,11)(H,12,13). The summed E-state index contributed by atoms with van der Waals surface area (Å²) in [6, 6.07) is 16.8. The molecule has 0 saturated carbocycles. The van der Waals surface area contributed by atoms with E-state index in [4.69, 9.17) is 10.2 Å². The van der Waals surface area contributed by atoms with E-state index >= 15 is 0 Å². The maximum absolute atomic E-state index is 10.8. The van der Waals surface area contributed by atoms with Gasteiger partial charge in [0.15, 0.2) is 0 Å². The molecule has 0 radical (unpaired) electrons. The minimum atomic E-state index is -1.08. The van der Waals surface area contributed by atoms with Gasteiger partial charge in [-0.25, -0.2) is 4.79 Å². The van der Waals surface area contributed by atoms with E-state index in [1.807, 2.05) is 18.2 Å². The lowest BCUT2D eigenvalue weighted by Gasteiger charge is -2.34. The lowest BCUT2D eigenvalue weighted by molar-refractivity contribution is -0.384. The van der Waals surface area contributed by atoms with Crippen LogP contribution in [-0.4, -0.2) is 62.8 Å². The molecule has 10 heteroatoms. The summed E-state index contributed by atoms with van der Waals surface area (Å²) in [4.78, 5) is 33.8. The van der Waals surface area contributed by atoms with Crippen LogP contribution < -0.4 is 5.32 Å². The van der Waals surface area contributed by atoms with Crippen LogP contribution >= 0.6 is 0 Å². The van der Waals surface area contributed by atoms with E-state index in [1.165, 1.54) is 37.3 Å². The number of piperidine rings is 1. The molecule has 0 aromatic heterocycles. The number of hydrogen-bond donors (Lipinski definition) is 4. The molecule has 202 valence electrons. The van der Waals surface area contributed by atoms with E-state index in [9.17, 15) is 24.8 Å². The molecule has 2 atom stereocenters. The van der Waals surface area contributed by atoms with Crippen LogP contribution in [0.4, 0.5) is 11.4 Å². The highest BCUT2D eigenvalue weighted by molar-refractivity contribution is 5.90. The average Bonchev–Trinajstić information content (AvgIpc) is 2.91. The van der Waals surface area contributed by atoms with Gasteiger partial charge in [-0.05, 0) is 56.0 Å². The zero-order valence-electron chi connectivity index (χ0n) is 21.2. The number of aliphatic hydroxyl groups excluding tert-OH is 1. The predicted octanol–water partition coefficient (Wildman–Crippen LogP) is 4.25. The van der Waals surface area contributed by atoms with Crippen molar-refractivity contribution in [2.45, 2.75) is 38.3 Å². The van der Waals surface area contributed by atoms with Gasteiger partial charge in [0.1, 0.15) is 0 Å². The maximum Gasteiger partial charge on any atom is 0.331 e. The van der Waals surface area contributed by atoms with Gasteiger partial charge in [-0.15, -0.1) is 0 Å². The van der Waals surface area contributed by atoms with Gasteiger partial charge in [0.25, 0.3) is 5.69 Å². The summed E-state index contributed by atoms with van der Waals surface area (Å²) in [6.07, 6.45) is 5.87.